The number of rotatable bonds is 7. The quantitative estimate of drug-likeness (QED) is 0.587. The molecular formula is C25H33F3N4O3. The number of benzene rings is 1. The first-order valence-electron chi connectivity index (χ1n) is 11.9. The van der Waals surface area contributed by atoms with Crippen LogP contribution in [0, 0.1) is 28.6 Å². The van der Waals surface area contributed by atoms with Crippen molar-refractivity contribution in [3.8, 4) is 6.07 Å². The third-order valence-electron chi connectivity index (χ3n) is 7.06. The van der Waals surface area contributed by atoms with Gasteiger partial charge in [-0.15, -0.1) is 0 Å². The number of carbonyl (C=O) groups excluding carboxylic acids is 2. The van der Waals surface area contributed by atoms with Crippen molar-refractivity contribution in [1.29, 1.82) is 5.26 Å². The molecule has 3 rings (SSSR count). The van der Waals surface area contributed by atoms with Gasteiger partial charge in [0, 0.05) is 57.4 Å². The second-order valence-corrected chi connectivity index (χ2v) is 9.90. The lowest BCUT2D eigenvalue weighted by Crippen LogP contribution is -2.50. The van der Waals surface area contributed by atoms with Crippen molar-refractivity contribution in [2.75, 3.05) is 51.3 Å². The fourth-order valence-corrected chi connectivity index (χ4v) is 5.17. The van der Waals surface area contributed by atoms with Gasteiger partial charge >= 0.3 is 6.18 Å². The summed E-state index contributed by atoms with van der Waals surface area (Å²) >= 11 is 0. The van der Waals surface area contributed by atoms with Crippen molar-refractivity contribution in [2.45, 2.75) is 39.3 Å². The van der Waals surface area contributed by atoms with E-state index in [9.17, 15) is 22.8 Å². The number of piperidine rings is 1. The number of carbonyl (C=O) groups is 2. The Hall–Kier alpha value is -2.80. The molecule has 0 aliphatic carbocycles. The fourth-order valence-electron chi connectivity index (χ4n) is 5.17. The van der Waals surface area contributed by atoms with E-state index in [1.54, 1.807) is 6.07 Å². The molecule has 0 aromatic heterocycles. The van der Waals surface area contributed by atoms with Crippen LogP contribution in [0.2, 0.25) is 0 Å². The molecule has 1 spiro atoms. The molecule has 1 N–H and O–H groups in total. The van der Waals surface area contributed by atoms with Gasteiger partial charge in [-0.2, -0.15) is 18.4 Å². The summed E-state index contributed by atoms with van der Waals surface area (Å²) in [5.41, 5.74) is -1.53. The number of nitriles is 1. The lowest BCUT2D eigenvalue weighted by Gasteiger charge is -2.42. The van der Waals surface area contributed by atoms with Gasteiger partial charge in [0.25, 0.3) is 0 Å². The average Bonchev–Trinajstić information content (AvgIpc) is 3.17. The van der Waals surface area contributed by atoms with Crippen LogP contribution in [0.3, 0.4) is 0 Å². The number of alkyl halides is 3. The van der Waals surface area contributed by atoms with E-state index in [4.69, 9.17) is 10.00 Å². The van der Waals surface area contributed by atoms with Crippen LogP contribution in [-0.4, -0.2) is 63.2 Å². The predicted octanol–water partition coefficient (Wildman–Crippen LogP) is 3.43. The number of nitrogens with zero attached hydrogens (tertiary/aromatic N) is 3. The van der Waals surface area contributed by atoms with Gasteiger partial charge in [0.05, 0.1) is 29.7 Å². The lowest BCUT2D eigenvalue weighted by molar-refractivity contribution is -0.138. The summed E-state index contributed by atoms with van der Waals surface area (Å²) in [6, 6.07) is 5.30. The molecule has 10 heteroatoms. The van der Waals surface area contributed by atoms with E-state index < -0.39 is 28.6 Å². The number of methoxy groups -OCH3 is 1. The minimum absolute atomic E-state index is 0.0905. The Morgan fingerprint density at radius 2 is 1.97 bits per heavy atom. The van der Waals surface area contributed by atoms with Crippen molar-refractivity contribution >= 4 is 17.5 Å². The molecule has 2 fully saturated rings. The molecule has 2 amide bonds. The molecule has 0 bridgehead atoms. The first kappa shape index (κ1) is 26.8. The maximum absolute atomic E-state index is 13.6. The molecule has 1 unspecified atom stereocenters. The minimum atomic E-state index is -4.66. The van der Waals surface area contributed by atoms with Gasteiger partial charge in [-0.05, 0) is 37.0 Å². The van der Waals surface area contributed by atoms with Crippen molar-refractivity contribution in [1.82, 2.24) is 10.2 Å². The molecule has 7 nitrogen and oxygen atoms in total. The van der Waals surface area contributed by atoms with Crippen LogP contribution in [0.15, 0.2) is 18.2 Å². The fraction of sp³-hybridized carbons (Fsp3) is 0.640. The van der Waals surface area contributed by atoms with Gasteiger partial charge in [0.15, 0.2) is 0 Å². The van der Waals surface area contributed by atoms with Crippen molar-refractivity contribution in [3.05, 3.63) is 29.3 Å². The van der Waals surface area contributed by atoms with Gasteiger partial charge in [0.1, 0.15) is 0 Å². The van der Waals surface area contributed by atoms with Gasteiger partial charge in [-0.25, -0.2) is 0 Å². The Kier molecular flexibility index (Phi) is 8.31. The Morgan fingerprint density at radius 1 is 1.29 bits per heavy atom. The zero-order valence-electron chi connectivity index (χ0n) is 20.5. The first-order chi connectivity index (χ1) is 16.5. The number of halogens is 3. The molecule has 192 valence electrons. The summed E-state index contributed by atoms with van der Waals surface area (Å²) in [6.45, 7) is 6.39. The second-order valence-electron chi connectivity index (χ2n) is 9.90. The average molecular weight is 495 g/mol. The molecular weight excluding hydrogens is 461 g/mol. The molecule has 2 aliphatic heterocycles. The highest BCUT2D eigenvalue weighted by molar-refractivity contribution is 5.82. The second kappa shape index (κ2) is 10.9. The topological polar surface area (TPSA) is 85.7 Å². The molecule has 35 heavy (non-hydrogen) atoms. The maximum atomic E-state index is 13.6. The van der Waals surface area contributed by atoms with Crippen LogP contribution in [0.5, 0.6) is 0 Å². The van der Waals surface area contributed by atoms with E-state index in [0.29, 0.717) is 57.7 Å². The molecule has 1 atom stereocenters. The van der Waals surface area contributed by atoms with E-state index in [2.05, 4.69) is 5.32 Å². The Bertz CT molecular complexity index is 966. The third-order valence-corrected chi connectivity index (χ3v) is 7.06. The number of amides is 2. The van der Waals surface area contributed by atoms with E-state index in [-0.39, 0.29) is 24.3 Å². The van der Waals surface area contributed by atoms with Gasteiger partial charge in [0.2, 0.25) is 11.8 Å². The van der Waals surface area contributed by atoms with Crippen LogP contribution < -0.4 is 10.2 Å². The molecule has 1 aromatic rings. The number of anilines is 1. The SMILES string of the molecule is COCCNC(=O)C1CN(c2ccc(C#N)c(C(F)(F)F)c2)CC12CCN(C(=O)CC(C)C)CC2. The van der Waals surface area contributed by atoms with Crippen molar-refractivity contribution in [3.63, 3.8) is 0 Å². The summed E-state index contributed by atoms with van der Waals surface area (Å²) in [5, 5.41) is 12.0. The number of ether oxygens (including phenoxy) is 1. The first-order valence-corrected chi connectivity index (χ1v) is 11.9. The molecule has 0 radical (unpaired) electrons. The Morgan fingerprint density at radius 3 is 2.54 bits per heavy atom. The third kappa shape index (κ3) is 6.07. The summed E-state index contributed by atoms with van der Waals surface area (Å²) in [6.07, 6.45) is -3.00. The zero-order chi connectivity index (χ0) is 25.8. The maximum Gasteiger partial charge on any atom is 0.417 e. The van der Waals surface area contributed by atoms with Crippen molar-refractivity contribution < 1.29 is 27.5 Å². The molecule has 2 saturated heterocycles. The highest BCUT2D eigenvalue weighted by Crippen LogP contribution is 2.47. The number of nitrogens with one attached hydrogen (secondary N) is 1. The molecule has 2 heterocycles. The zero-order valence-corrected chi connectivity index (χ0v) is 20.5. The lowest BCUT2D eigenvalue weighted by atomic mass is 9.70. The number of hydrogen-bond donors (Lipinski definition) is 1. The monoisotopic (exact) mass is 494 g/mol. The molecule has 0 saturated carbocycles. The number of hydrogen-bond acceptors (Lipinski definition) is 5. The van der Waals surface area contributed by atoms with E-state index in [1.165, 1.54) is 19.2 Å². The van der Waals surface area contributed by atoms with Gasteiger partial charge < -0.3 is 19.9 Å². The molecule has 2 aliphatic rings. The van der Waals surface area contributed by atoms with Gasteiger partial charge in [-0.1, -0.05) is 13.8 Å². The van der Waals surface area contributed by atoms with Gasteiger partial charge in [-0.3, -0.25) is 9.59 Å². The minimum Gasteiger partial charge on any atom is -0.383 e. The standard InChI is InChI=1S/C25H33F3N4O3/c1-17(2)12-22(33)31-9-6-24(7-10-31)16-32(15-21(24)23(34)30-8-11-35-3)19-5-4-18(14-29)20(13-19)25(26,27)28/h4-5,13,17,21H,6-12,15-16H2,1-3H3,(H,30,34). The largest absolute Gasteiger partial charge is 0.417 e. The van der Waals surface area contributed by atoms with E-state index >= 15 is 0 Å². The van der Waals surface area contributed by atoms with E-state index in [0.717, 1.165) is 6.07 Å². The molecule has 1 aromatic carbocycles. The van der Waals surface area contributed by atoms with Crippen LogP contribution in [0.25, 0.3) is 0 Å². The number of likely N-dealkylation sites (tertiary alicyclic amines) is 1. The highest BCUT2D eigenvalue weighted by Gasteiger charge is 2.51. The summed E-state index contributed by atoms with van der Waals surface area (Å²) in [5.74, 6) is -0.255. The van der Waals surface area contributed by atoms with Crippen LogP contribution in [-0.2, 0) is 20.5 Å². The Balaban J connectivity index is 1.85. The smallest absolute Gasteiger partial charge is 0.383 e. The van der Waals surface area contributed by atoms with Crippen LogP contribution >= 0.6 is 0 Å². The Labute approximate surface area is 204 Å². The normalized spacial score (nSPS) is 19.8. The van der Waals surface area contributed by atoms with Crippen molar-refractivity contribution in [2.24, 2.45) is 17.3 Å². The summed E-state index contributed by atoms with van der Waals surface area (Å²) in [7, 11) is 1.54. The predicted molar refractivity (Wildman–Crippen MR) is 124 cm³/mol. The summed E-state index contributed by atoms with van der Waals surface area (Å²) < 4.78 is 45.7. The summed E-state index contributed by atoms with van der Waals surface area (Å²) in [4.78, 5) is 29.4. The van der Waals surface area contributed by atoms with E-state index in [1.807, 2.05) is 23.6 Å². The van der Waals surface area contributed by atoms with Crippen LogP contribution in [0.4, 0.5) is 18.9 Å². The highest BCUT2D eigenvalue weighted by atomic mass is 19.4. The van der Waals surface area contributed by atoms with Crippen LogP contribution in [0.1, 0.15) is 44.2 Å².